The lowest BCUT2D eigenvalue weighted by molar-refractivity contribution is -0.132. The van der Waals surface area contributed by atoms with Crippen LogP contribution in [0.25, 0.3) is 6.08 Å². The molecule has 0 heterocycles. The maximum absolute atomic E-state index is 11.6. The summed E-state index contributed by atoms with van der Waals surface area (Å²) in [6.45, 7) is 1.45. The number of carbonyl (C=O) groups is 1. The van der Waals surface area contributed by atoms with Crippen LogP contribution in [0.1, 0.15) is 12.5 Å². The molecule has 25 heavy (non-hydrogen) atoms. The zero-order chi connectivity index (χ0) is 18.8. The van der Waals surface area contributed by atoms with E-state index >= 15 is 0 Å². The minimum atomic E-state index is -3.39. The lowest BCUT2D eigenvalue weighted by Crippen LogP contribution is -1.98. The molecule has 132 valence electrons. The van der Waals surface area contributed by atoms with Gasteiger partial charge in [0.2, 0.25) is 0 Å². The van der Waals surface area contributed by atoms with Crippen LogP contribution in [0.15, 0.2) is 46.9 Å². The second-order valence-corrected chi connectivity index (χ2v) is 8.14. The first-order chi connectivity index (χ1) is 11.6. The fraction of sp³-hybridized carbons (Fsp3) is 0.118. The smallest absolute Gasteiger partial charge is 0.331 e. The predicted octanol–water partition coefficient (Wildman–Crippen LogP) is 4.68. The standard InChI is InChI=1S/C17H14Cl2O5S/c1-10(17(20)21)7-11-3-4-12(18)8-16(11)24-15-6-5-13(9-14(15)19)25(2,22)23/h3-9H,1-2H3,(H,20,21). The first-order valence-corrected chi connectivity index (χ1v) is 9.61. The van der Waals surface area contributed by atoms with Crippen molar-refractivity contribution in [2.75, 3.05) is 6.26 Å². The summed E-state index contributed by atoms with van der Waals surface area (Å²) in [5.41, 5.74) is 0.609. The molecule has 0 spiro atoms. The van der Waals surface area contributed by atoms with E-state index in [-0.39, 0.29) is 21.2 Å². The second-order valence-electron chi connectivity index (χ2n) is 5.28. The Morgan fingerprint density at radius 3 is 2.36 bits per heavy atom. The summed E-state index contributed by atoms with van der Waals surface area (Å²) >= 11 is 12.1. The van der Waals surface area contributed by atoms with Gasteiger partial charge in [-0.3, -0.25) is 0 Å². The molecule has 5 nitrogen and oxygen atoms in total. The van der Waals surface area contributed by atoms with Crippen LogP contribution in [-0.4, -0.2) is 25.7 Å². The van der Waals surface area contributed by atoms with Gasteiger partial charge in [-0.05, 0) is 43.3 Å². The molecule has 0 saturated heterocycles. The Kier molecular flexibility index (Phi) is 5.77. The summed E-state index contributed by atoms with van der Waals surface area (Å²) in [6, 6.07) is 8.82. The molecule has 8 heteroatoms. The first-order valence-electron chi connectivity index (χ1n) is 6.96. The van der Waals surface area contributed by atoms with Crippen LogP contribution in [0, 0.1) is 0 Å². The number of carboxylic acids is 1. The molecule has 2 aromatic rings. The second kappa shape index (κ2) is 7.47. The van der Waals surface area contributed by atoms with Crippen LogP contribution in [0.2, 0.25) is 10.0 Å². The van der Waals surface area contributed by atoms with E-state index in [4.69, 9.17) is 33.0 Å². The van der Waals surface area contributed by atoms with E-state index in [9.17, 15) is 13.2 Å². The fourth-order valence-electron chi connectivity index (χ4n) is 1.92. The van der Waals surface area contributed by atoms with Gasteiger partial charge < -0.3 is 9.84 Å². The molecule has 0 aromatic heterocycles. The van der Waals surface area contributed by atoms with E-state index in [1.165, 1.54) is 37.3 Å². The maximum Gasteiger partial charge on any atom is 0.331 e. The molecule has 0 atom stereocenters. The van der Waals surface area contributed by atoms with Crippen molar-refractivity contribution >= 4 is 45.1 Å². The Bertz CT molecular complexity index is 965. The molecular formula is C17H14Cl2O5S. The SMILES string of the molecule is CC(=Cc1ccc(Cl)cc1Oc1ccc(S(C)(=O)=O)cc1Cl)C(=O)O. The summed E-state index contributed by atoms with van der Waals surface area (Å²) in [4.78, 5) is 11.1. The molecule has 2 rings (SSSR count). The third kappa shape index (κ3) is 4.98. The van der Waals surface area contributed by atoms with E-state index in [2.05, 4.69) is 0 Å². The Hall–Kier alpha value is -2.02. The van der Waals surface area contributed by atoms with Gasteiger partial charge in [-0.15, -0.1) is 0 Å². The van der Waals surface area contributed by atoms with Gasteiger partial charge in [0, 0.05) is 28.5 Å². The molecule has 0 amide bonds. The van der Waals surface area contributed by atoms with Gasteiger partial charge in [0.25, 0.3) is 0 Å². The highest BCUT2D eigenvalue weighted by molar-refractivity contribution is 7.90. The summed E-state index contributed by atoms with van der Waals surface area (Å²) < 4.78 is 28.8. The van der Waals surface area contributed by atoms with Crippen molar-refractivity contribution in [3.8, 4) is 11.5 Å². The molecule has 2 aromatic carbocycles. The number of sulfone groups is 1. The van der Waals surface area contributed by atoms with Crippen molar-refractivity contribution in [1.29, 1.82) is 0 Å². The van der Waals surface area contributed by atoms with Gasteiger partial charge in [-0.25, -0.2) is 13.2 Å². The monoisotopic (exact) mass is 400 g/mol. The van der Waals surface area contributed by atoms with Gasteiger partial charge in [0.1, 0.15) is 11.5 Å². The van der Waals surface area contributed by atoms with Crippen LogP contribution < -0.4 is 4.74 Å². The largest absolute Gasteiger partial charge is 0.478 e. The average Bonchev–Trinajstić information content (AvgIpc) is 2.50. The third-order valence-corrected chi connectivity index (χ3v) is 4.88. The molecule has 0 aliphatic rings. The lowest BCUT2D eigenvalue weighted by atomic mass is 10.1. The summed E-state index contributed by atoms with van der Waals surface area (Å²) in [7, 11) is -3.39. The molecule has 0 unspecified atom stereocenters. The van der Waals surface area contributed by atoms with E-state index in [0.717, 1.165) is 6.26 Å². The highest BCUT2D eigenvalue weighted by atomic mass is 35.5. The number of halogens is 2. The number of hydrogen-bond acceptors (Lipinski definition) is 4. The van der Waals surface area contributed by atoms with Gasteiger partial charge in [-0.2, -0.15) is 0 Å². The van der Waals surface area contributed by atoms with Crippen LogP contribution >= 0.6 is 23.2 Å². The van der Waals surface area contributed by atoms with E-state index in [1.807, 2.05) is 0 Å². The molecular weight excluding hydrogens is 387 g/mol. The van der Waals surface area contributed by atoms with E-state index in [1.54, 1.807) is 12.1 Å². The highest BCUT2D eigenvalue weighted by Crippen LogP contribution is 2.35. The number of aliphatic carboxylic acids is 1. The number of rotatable bonds is 5. The third-order valence-electron chi connectivity index (χ3n) is 3.24. The molecule has 0 bridgehead atoms. The zero-order valence-corrected chi connectivity index (χ0v) is 15.6. The Labute approximate surface area is 155 Å². The van der Waals surface area contributed by atoms with E-state index < -0.39 is 15.8 Å². The normalized spacial score (nSPS) is 12.1. The first kappa shape index (κ1) is 19.3. The molecule has 0 aliphatic carbocycles. The number of benzene rings is 2. The quantitative estimate of drug-likeness (QED) is 0.736. The molecule has 0 radical (unpaired) electrons. The van der Waals surface area contributed by atoms with Crippen molar-refractivity contribution in [2.24, 2.45) is 0 Å². The van der Waals surface area contributed by atoms with Crippen molar-refractivity contribution in [3.63, 3.8) is 0 Å². The minimum absolute atomic E-state index is 0.0674. The molecule has 0 aliphatic heterocycles. The lowest BCUT2D eigenvalue weighted by Gasteiger charge is -2.12. The molecule has 0 fully saturated rings. The molecule has 0 saturated carbocycles. The highest BCUT2D eigenvalue weighted by Gasteiger charge is 2.13. The molecule has 1 N–H and O–H groups in total. The number of hydrogen-bond donors (Lipinski definition) is 1. The van der Waals surface area contributed by atoms with Gasteiger partial charge in [-0.1, -0.05) is 23.2 Å². The van der Waals surface area contributed by atoms with Crippen LogP contribution in [0.4, 0.5) is 0 Å². The summed E-state index contributed by atoms with van der Waals surface area (Å²) in [5.74, 6) is -0.544. The van der Waals surface area contributed by atoms with Crippen molar-refractivity contribution in [2.45, 2.75) is 11.8 Å². The average molecular weight is 401 g/mol. The maximum atomic E-state index is 11.6. The van der Waals surface area contributed by atoms with Crippen molar-refractivity contribution in [1.82, 2.24) is 0 Å². The fourth-order valence-corrected chi connectivity index (χ4v) is 3.02. The Morgan fingerprint density at radius 2 is 1.80 bits per heavy atom. The topological polar surface area (TPSA) is 80.7 Å². The zero-order valence-electron chi connectivity index (χ0n) is 13.3. The van der Waals surface area contributed by atoms with Crippen molar-refractivity contribution in [3.05, 3.63) is 57.6 Å². The Morgan fingerprint density at radius 1 is 1.12 bits per heavy atom. The summed E-state index contributed by atoms with van der Waals surface area (Å²) in [5, 5.41) is 9.51. The number of carboxylic acid groups (broad SMARTS) is 1. The van der Waals surface area contributed by atoms with Crippen LogP contribution in [0.5, 0.6) is 11.5 Å². The van der Waals surface area contributed by atoms with Gasteiger partial charge in [0.15, 0.2) is 9.84 Å². The summed E-state index contributed by atoms with van der Waals surface area (Å²) in [6.07, 6.45) is 2.51. The van der Waals surface area contributed by atoms with Crippen molar-refractivity contribution < 1.29 is 23.1 Å². The Balaban J connectivity index is 2.45. The van der Waals surface area contributed by atoms with Gasteiger partial charge in [0.05, 0.1) is 9.92 Å². The van der Waals surface area contributed by atoms with Crippen LogP contribution in [0.3, 0.4) is 0 Å². The number of ether oxygens (including phenoxy) is 1. The predicted molar refractivity (Wildman–Crippen MR) is 97.4 cm³/mol. The van der Waals surface area contributed by atoms with E-state index in [0.29, 0.717) is 16.3 Å². The van der Waals surface area contributed by atoms with Gasteiger partial charge >= 0.3 is 5.97 Å². The van der Waals surface area contributed by atoms with Crippen LogP contribution in [-0.2, 0) is 14.6 Å². The minimum Gasteiger partial charge on any atom is -0.478 e.